The summed E-state index contributed by atoms with van der Waals surface area (Å²) in [5.74, 6) is -1.22. The second-order valence-corrected chi connectivity index (χ2v) is 23.2. The summed E-state index contributed by atoms with van der Waals surface area (Å²) in [5.41, 5.74) is 0. The van der Waals surface area contributed by atoms with E-state index in [4.69, 9.17) is 14.2 Å². The maximum absolute atomic E-state index is 13.4. The van der Waals surface area contributed by atoms with Crippen LogP contribution in [0, 0.1) is 0 Å². The predicted molar refractivity (Wildman–Crippen MR) is 338 cm³/mol. The first-order valence-corrected chi connectivity index (χ1v) is 33.7. The average molecular weight is 1140 g/mol. The van der Waals surface area contributed by atoms with Gasteiger partial charge in [-0.15, -0.1) is 0 Å². The lowest BCUT2D eigenvalue weighted by atomic mass is 9.99. The highest BCUT2D eigenvalue weighted by Gasteiger charge is 2.47. The molecule has 1 aliphatic rings. The molecule has 8 atom stereocenters. The van der Waals surface area contributed by atoms with Crippen LogP contribution in [0.1, 0.15) is 297 Å². The van der Waals surface area contributed by atoms with Gasteiger partial charge in [0.1, 0.15) is 24.4 Å². The minimum absolute atomic E-state index is 0.118. The van der Waals surface area contributed by atoms with Gasteiger partial charge in [-0.2, -0.15) is 0 Å². The zero-order chi connectivity index (χ0) is 58.9. The summed E-state index contributed by atoms with van der Waals surface area (Å²) in [4.78, 5) is 26.6. The molecule has 0 aliphatic carbocycles. The smallest absolute Gasteiger partial charge is 0.306 e. The van der Waals surface area contributed by atoms with Crippen molar-refractivity contribution in [3.8, 4) is 0 Å². The molecule has 0 spiro atoms. The molecule has 0 bridgehead atoms. The molecule has 1 amide bonds. The van der Waals surface area contributed by atoms with E-state index in [9.17, 15) is 35.1 Å². The van der Waals surface area contributed by atoms with Crippen LogP contribution in [0.5, 0.6) is 0 Å². The number of hydrogen-bond donors (Lipinski definition) is 6. The van der Waals surface area contributed by atoms with Crippen molar-refractivity contribution in [2.75, 3.05) is 13.2 Å². The van der Waals surface area contributed by atoms with Crippen molar-refractivity contribution in [3.63, 3.8) is 0 Å². The van der Waals surface area contributed by atoms with E-state index in [0.717, 1.165) is 77.0 Å². The minimum Gasteiger partial charge on any atom is -0.454 e. The van der Waals surface area contributed by atoms with Gasteiger partial charge in [0.15, 0.2) is 12.4 Å². The summed E-state index contributed by atoms with van der Waals surface area (Å²) in [6, 6.07) is -1.04. The van der Waals surface area contributed by atoms with Gasteiger partial charge in [0.25, 0.3) is 0 Å². The molecule has 8 unspecified atom stereocenters. The van der Waals surface area contributed by atoms with Crippen molar-refractivity contribution < 1.29 is 49.3 Å². The molecule has 1 heterocycles. The van der Waals surface area contributed by atoms with Crippen molar-refractivity contribution in [2.45, 2.75) is 346 Å². The molecule has 0 radical (unpaired) electrons. The quantitative estimate of drug-likeness (QED) is 0.0195. The molecule has 0 saturated carbocycles. The summed E-state index contributed by atoms with van der Waals surface area (Å²) in [6.07, 6.45) is 63.6. The van der Waals surface area contributed by atoms with Crippen molar-refractivity contribution in [1.29, 1.82) is 0 Å². The minimum atomic E-state index is -1.62. The van der Waals surface area contributed by atoms with Gasteiger partial charge in [-0.1, -0.05) is 267 Å². The maximum Gasteiger partial charge on any atom is 0.306 e. The normalized spacial score (nSPS) is 19.1. The number of aliphatic hydroxyl groups is 5. The van der Waals surface area contributed by atoms with Gasteiger partial charge in [0, 0.05) is 6.42 Å². The zero-order valence-corrected chi connectivity index (χ0v) is 52.1. The summed E-state index contributed by atoms with van der Waals surface area (Å²) in [7, 11) is 0. The number of amides is 1. The van der Waals surface area contributed by atoms with Crippen LogP contribution in [0.3, 0.4) is 0 Å². The van der Waals surface area contributed by atoms with Crippen LogP contribution in [-0.4, -0.2) is 99.6 Å². The van der Waals surface area contributed by atoms with Crippen LogP contribution in [0.25, 0.3) is 0 Å². The molecular formula is C70H125NO10. The van der Waals surface area contributed by atoms with Gasteiger partial charge in [-0.25, -0.2) is 0 Å². The molecule has 81 heavy (non-hydrogen) atoms. The van der Waals surface area contributed by atoms with Crippen molar-refractivity contribution in [1.82, 2.24) is 5.32 Å². The third-order valence-corrected chi connectivity index (χ3v) is 15.6. The summed E-state index contributed by atoms with van der Waals surface area (Å²) in [6.45, 7) is 5.76. The Morgan fingerprint density at radius 1 is 0.481 bits per heavy atom. The predicted octanol–water partition coefficient (Wildman–Crippen LogP) is 16.7. The summed E-state index contributed by atoms with van der Waals surface area (Å²) < 4.78 is 17.7. The molecule has 11 nitrogen and oxygen atoms in total. The van der Waals surface area contributed by atoms with Gasteiger partial charge in [-0.3, -0.25) is 9.59 Å². The van der Waals surface area contributed by atoms with Crippen molar-refractivity contribution in [2.24, 2.45) is 0 Å². The number of aliphatic hydroxyl groups excluding tert-OH is 5. The first-order chi connectivity index (χ1) is 39.7. The maximum atomic E-state index is 13.4. The zero-order valence-electron chi connectivity index (χ0n) is 52.1. The number of carbonyl (C=O) groups is 2. The topological polar surface area (TPSA) is 175 Å². The van der Waals surface area contributed by atoms with Gasteiger partial charge >= 0.3 is 5.97 Å². The van der Waals surface area contributed by atoms with Crippen LogP contribution >= 0.6 is 0 Å². The molecule has 0 aromatic heterocycles. The molecular weight excluding hydrogens is 1010 g/mol. The first-order valence-electron chi connectivity index (χ1n) is 33.7. The Bertz CT molecular complexity index is 1590. The summed E-state index contributed by atoms with van der Waals surface area (Å²) >= 11 is 0. The molecule has 11 heteroatoms. The fraction of sp³-hybridized carbons (Fsp3) is 0.800. The summed E-state index contributed by atoms with van der Waals surface area (Å²) in [5, 5.41) is 57.1. The molecule has 0 aromatic carbocycles. The Kier molecular flexibility index (Phi) is 54.1. The number of nitrogens with one attached hydrogen (secondary N) is 1. The Morgan fingerprint density at radius 2 is 0.852 bits per heavy atom. The van der Waals surface area contributed by atoms with E-state index < -0.39 is 67.4 Å². The highest BCUT2D eigenvalue weighted by molar-refractivity contribution is 5.80. The second kappa shape index (κ2) is 57.5. The molecule has 470 valence electrons. The Morgan fingerprint density at radius 3 is 1.31 bits per heavy atom. The Hall–Kier alpha value is -2.90. The highest BCUT2D eigenvalue weighted by Crippen LogP contribution is 2.26. The third kappa shape index (κ3) is 45.2. The van der Waals surface area contributed by atoms with Gasteiger partial charge in [-0.05, 0) is 96.3 Å². The molecule has 0 aromatic rings. The molecule has 1 fully saturated rings. The van der Waals surface area contributed by atoms with E-state index >= 15 is 0 Å². The van der Waals surface area contributed by atoms with Crippen LogP contribution in [0.2, 0.25) is 0 Å². The average Bonchev–Trinajstić information content (AvgIpc) is 3.46. The van der Waals surface area contributed by atoms with E-state index in [1.165, 1.54) is 173 Å². The van der Waals surface area contributed by atoms with E-state index in [0.29, 0.717) is 12.8 Å². The Labute approximate surface area is 496 Å². The lowest BCUT2D eigenvalue weighted by molar-refractivity contribution is -0.305. The lowest BCUT2D eigenvalue weighted by Crippen LogP contribution is -2.61. The molecule has 6 N–H and O–H groups in total. The van der Waals surface area contributed by atoms with E-state index in [1.54, 1.807) is 6.08 Å². The van der Waals surface area contributed by atoms with Gasteiger partial charge < -0.3 is 45.1 Å². The molecule has 1 aliphatic heterocycles. The largest absolute Gasteiger partial charge is 0.454 e. The van der Waals surface area contributed by atoms with Crippen LogP contribution in [0.15, 0.2) is 72.9 Å². The lowest BCUT2D eigenvalue weighted by Gasteiger charge is -2.41. The number of rotatable bonds is 57. The highest BCUT2D eigenvalue weighted by atomic mass is 16.7. The van der Waals surface area contributed by atoms with Crippen LogP contribution in [-0.2, 0) is 23.8 Å². The second-order valence-electron chi connectivity index (χ2n) is 23.2. The number of hydrogen-bond acceptors (Lipinski definition) is 10. The van der Waals surface area contributed by atoms with Crippen LogP contribution in [0.4, 0.5) is 0 Å². The number of ether oxygens (including phenoxy) is 3. The van der Waals surface area contributed by atoms with E-state index in [-0.39, 0.29) is 19.4 Å². The third-order valence-electron chi connectivity index (χ3n) is 15.6. The van der Waals surface area contributed by atoms with Crippen LogP contribution < -0.4 is 5.32 Å². The van der Waals surface area contributed by atoms with Gasteiger partial charge in [0.2, 0.25) is 5.91 Å². The molecule has 1 rings (SSSR count). The SMILES string of the molecule is CCCCC/C=C\C/C=C\C/C=C\C/C=C\CCCCC(O)C(=O)NC(COC1OC(CO)C(O)C(O)C1OC(=O)CCCCCCCCCCCCC/C=C/CCCCCCCC)C(O)/C=C/CCCCCCCCCCCCC. The van der Waals surface area contributed by atoms with E-state index in [2.05, 4.69) is 86.8 Å². The van der Waals surface area contributed by atoms with Crippen molar-refractivity contribution >= 4 is 11.9 Å². The number of carbonyl (C=O) groups excluding carboxylic acids is 2. The van der Waals surface area contributed by atoms with Crippen molar-refractivity contribution in [3.05, 3.63) is 72.9 Å². The fourth-order valence-electron chi connectivity index (χ4n) is 10.2. The molecule has 1 saturated heterocycles. The van der Waals surface area contributed by atoms with E-state index in [1.807, 2.05) is 6.08 Å². The monoisotopic (exact) mass is 1140 g/mol. The number of allylic oxidation sites excluding steroid dienone is 11. The number of unbranched alkanes of at least 4 members (excludes halogenated alkanes) is 33. The Balaban J connectivity index is 2.66. The standard InChI is InChI=1S/C70H125NO10/c1-4-7-10-13-16-19-22-25-27-29-31-32-33-35-37-40-43-46-49-52-55-58-65(75)81-68-67(77)66(76)64(59-72)80-70(68)79-60-61(62(73)56-53-50-47-44-41-38-24-21-18-15-12-9-6-3)71-69(78)63(74)57-54-51-48-45-42-39-36-34-30-28-26-23-20-17-14-11-8-5-2/h17,20,25-28,34,36,42,45,53,56,61-64,66-68,70,72-74,76-77H,4-16,18-19,21-24,29-33,35,37-41,43-44,46-52,54-55,57-60H2,1-3H3,(H,71,78)/b20-17-,27-25+,28-26-,36-34-,45-42-,56-53+. The number of esters is 1. The first kappa shape index (κ1) is 76.1. The fourth-order valence-corrected chi connectivity index (χ4v) is 10.2. The van der Waals surface area contributed by atoms with Gasteiger partial charge in [0.05, 0.1) is 25.4 Å².